The predicted octanol–water partition coefficient (Wildman–Crippen LogP) is 2.01. The fourth-order valence-corrected chi connectivity index (χ4v) is 3.12. The van der Waals surface area contributed by atoms with Crippen molar-refractivity contribution in [1.29, 1.82) is 0 Å². The van der Waals surface area contributed by atoms with Crippen LogP contribution in [0.3, 0.4) is 0 Å². The number of amides is 2. The van der Waals surface area contributed by atoms with E-state index >= 15 is 0 Å². The van der Waals surface area contributed by atoms with Crippen LogP contribution in [0.2, 0.25) is 0 Å². The smallest absolute Gasteiger partial charge is 0.276 e. The van der Waals surface area contributed by atoms with Crippen molar-refractivity contribution >= 4 is 22.6 Å². The molecule has 1 aliphatic rings. The van der Waals surface area contributed by atoms with Gasteiger partial charge in [0.1, 0.15) is 6.26 Å². The number of rotatable bonds is 4. The zero-order valence-corrected chi connectivity index (χ0v) is 13.5. The third-order valence-electron chi connectivity index (χ3n) is 4.42. The van der Waals surface area contributed by atoms with Crippen LogP contribution in [0, 0.1) is 0 Å². The van der Waals surface area contributed by atoms with Crippen molar-refractivity contribution in [3.05, 3.63) is 66.1 Å². The molecule has 0 aliphatic carbocycles. The molecule has 6 nitrogen and oxygen atoms in total. The van der Waals surface area contributed by atoms with Crippen LogP contribution in [0.1, 0.15) is 16.1 Å². The van der Waals surface area contributed by atoms with E-state index in [-0.39, 0.29) is 17.9 Å². The maximum absolute atomic E-state index is 12.3. The number of nitrogens with zero attached hydrogens (tertiary/aromatic N) is 2. The summed E-state index contributed by atoms with van der Waals surface area (Å²) in [4.78, 5) is 26.0. The Balaban J connectivity index is 1.34. The number of benzene rings is 2. The minimum Gasteiger partial charge on any atom is -0.364 e. The summed E-state index contributed by atoms with van der Waals surface area (Å²) in [6.07, 6.45) is 1.70. The Morgan fingerprint density at radius 3 is 2.72 bits per heavy atom. The average Bonchev–Trinajstić information content (AvgIpc) is 3.12. The van der Waals surface area contributed by atoms with Gasteiger partial charge in [-0.25, -0.2) is 0 Å². The standard InChI is InChI=1S/C19H17N3O3/c23-18(10-14-6-3-5-13-4-1-2-7-16(13)14)20-15-11-22(12-15)19(24)17-8-9-25-21-17/h1-9,15H,10-12H2,(H,20,23). The number of carbonyl (C=O) groups excluding carboxylic acids is 2. The van der Waals surface area contributed by atoms with Crippen LogP contribution in [0.4, 0.5) is 0 Å². The van der Waals surface area contributed by atoms with Gasteiger partial charge in [-0.2, -0.15) is 0 Å². The van der Waals surface area contributed by atoms with Gasteiger partial charge in [0.2, 0.25) is 5.91 Å². The van der Waals surface area contributed by atoms with Crippen LogP contribution in [0.25, 0.3) is 10.8 Å². The third-order valence-corrected chi connectivity index (χ3v) is 4.42. The van der Waals surface area contributed by atoms with E-state index in [4.69, 9.17) is 0 Å². The van der Waals surface area contributed by atoms with Crippen molar-refractivity contribution in [2.45, 2.75) is 12.5 Å². The van der Waals surface area contributed by atoms with Crippen molar-refractivity contribution in [3.63, 3.8) is 0 Å². The van der Waals surface area contributed by atoms with Gasteiger partial charge in [-0.1, -0.05) is 47.6 Å². The molecule has 0 radical (unpaired) electrons. The Bertz CT molecular complexity index is 909. The number of fused-ring (bicyclic) bond motifs is 1. The van der Waals surface area contributed by atoms with E-state index in [1.54, 1.807) is 4.90 Å². The van der Waals surface area contributed by atoms with Crippen LogP contribution in [-0.2, 0) is 11.2 Å². The lowest BCUT2D eigenvalue weighted by Crippen LogP contribution is -2.61. The van der Waals surface area contributed by atoms with E-state index in [0.29, 0.717) is 25.2 Å². The van der Waals surface area contributed by atoms with Gasteiger partial charge in [0.15, 0.2) is 5.69 Å². The molecule has 0 bridgehead atoms. The van der Waals surface area contributed by atoms with E-state index < -0.39 is 0 Å². The molecule has 25 heavy (non-hydrogen) atoms. The molecule has 126 valence electrons. The highest BCUT2D eigenvalue weighted by Crippen LogP contribution is 2.19. The largest absolute Gasteiger partial charge is 0.364 e. The molecule has 3 aromatic rings. The molecule has 1 aliphatic heterocycles. The Hall–Kier alpha value is -3.15. The summed E-state index contributed by atoms with van der Waals surface area (Å²) in [6.45, 7) is 0.986. The first-order valence-corrected chi connectivity index (χ1v) is 8.16. The molecule has 1 aromatic heterocycles. The Morgan fingerprint density at radius 1 is 1.12 bits per heavy atom. The molecule has 0 spiro atoms. The lowest BCUT2D eigenvalue weighted by atomic mass is 10.0. The predicted molar refractivity (Wildman–Crippen MR) is 92.0 cm³/mol. The molecule has 2 amide bonds. The molecule has 4 rings (SSSR count). The summed E-state index contributed by atoms with van der Waals surface area (Å²) in [5, 5.41) is 8.84. The molecule has 1 N–H and O–H groups in total. The van der Waals surface area contributed by atoms with E-state index in [1.165, 1.54) is 12.3 Å². The SMILES string of the molecule is O=C(Cc1cccc2ccccc12)NC1CN(C(=O)c2ccon2)C1. The molecule has 0 atom stereocenters. The van der Waals surface area contributed by atoms with Crippen molar-refractivity contribution < 1.29 is 14.1 Å². The molecule has 1 fully saturated rings. The maximum Gasteiger partial charge on any atom is 0.276 e. The van der Waals surface area contributed by atoms with Crippen LogP contribution >= 0.6 is 0 Å². The molecule has 6 heteroatoms. The van der Waals surface area contributed by atoms with Crippen LogP contribution in [-0.4, -0.2) is 41.0 Å². The van der Waals surface area contributed by atoms with Crippen LogP contribution < -0.4 is 5.32 Å². The molecular weight excluding hydrogens is 318 g/mol. The Labute approximate surface area is 144 Å². The number of likely N-dealkylation sites (tertiary alicyclic amines) is 1. The summed E-state index contributed by atoms with van der Waals surface area (Å²) in [7, 11) is 0. The fraction of sp³-hybridized carbons (Fsp3) is 0.211. The number of hydrogen-bond acceptors (Lipinski definition) is 4. The van der Waals surface area contributed by atoms with E-state index in [0.717, 1.165) is 16.3 Å². The maximum atomic E-state index is 12.3. The van der Waals surface area contributed by atoms with Crippen molar-refractivity contribution in [2.24, 2.45) is 0 Å². The van der Waals surface area contributed by atoms with Crippen molar-refractivity contribution in [2.75, 3.05) is 13.1 Å². The molecule has 0 unspecified atom stereocenters. The first-order chi connectivity index (χ1) is 12.2. The van der Waals surface area contributed by atoms with Crippen molar-refractivity contribution in [3.8, 4) is 0 Å². The van der Waals surface area contributed by atoms with E-state index in [1.807, 2.05) is 42.5 Å². The lowest BCUT2D eigenvalue weighted by molar-refractivity contribution is -0.122. The fourth-order valence-electron chi connectivity index (χ4n) is 3.12. The van der Waals surface area contributed by atoms with E-state index in [9.17, 15) is 9.59 Å². The second-order valence-corrected chi connectivity index (χ2v) is 6.17. The van der Waals surface area contributed by atoms with Gasteiger partial charge in [0, 0.05) is 19.2 Å². The summed E-state index contributed by atoms with van der Waals surface area (Å²) < 4.78 is 4.68. The molecule has 0 saturated carbocycles. The normalized spacial score (nSPS) is 14.3. The highest BCUT2D eigenvalue weighted by atomic mass is 16.5. The van der Waals surface area contributed by atoms with Crippen molar-refractivity contribution in [1.82, 2.24) is 15.4 Å². The minimum absolute atomic E-state index is 0.0154. The third kappa shape index (κ3) is 3.10. The summed E-state index contributed by atoms with van der Waals surface area (Å²) in [6, 6.07) is 15.5. The van der Waals surface area contributed by atoms with Crippen LogP contribution in [0.5, 0.6) is 0 Å². The zero-order valence-electron chi connectivity index (χ0n) is 13.5. The van der Waals surface area contributed by atoms with Gasteiger partial charge in [-0.3, -0.25) is 9.59 Å². The first kappa shape index (κ1) is 15.4. The quantitative estimate of drug-likeness (QED) is 0.791. The summed E-state index contributed by atoms with van der Waals surface area (Å²) >= 11 is 0. The summed E-state index contributed by atoms with van der Waals surface area (Å²) in [5.41, 5.74) is 1.30. The highest BCUT2D eigenvalue weighted by Gasteiger charge is 2.33. The average molecular weight is 335 g/mol. The molecule has 1 saturated heterocycles. The van der Waals surface area contributed by atoms with E-state index in [2.05, 4.69) is 15.0 Å². The zero-order chi connectivity index (χ0) is 17.2. The lowest BCUT2D eigenvalue weighted by Gasteiger charge is -2.39. The first-order valence-electron chi connectivity index (χ1n) is 8.16. The van der Waals surface area contributed by atoms with Gasteiger partial charge < -0.3 is 14.7 Å². The number of carbonyl (C=O) groups is 2. The second-order valence-electron chi connectivity index (χ2n) is 6.17. The monoisotopic (exact) mass is 335 g/mol. The van der Waals surface area contributed by atoms with Gasteiger partial charge in [0.05, 0.1) is 12.5 Å². The molecule has 2 heterocycles. The Kier molecular flexibility index (Phi) is 3.93. The van der Waals surface area contributed by atoms with Gasteiger partial charge in [-0.15, -0.1) is 0 Å². The topological polar surface area (TPSA) is 75.4 Å². The van der Waals surface area contributed by atoms with Gasteiger partial charge in [-0.05, 0) is 16.3 Å². The summed E-state index contributed by atoms with van der Waals surface area (Å²) in [5.74, 6) is -0.205. The minimum atomic E-state index is -0.173. The van der Waals surface area contributed by atoms with Gasteiger partial charge in [0.25, 0.3) is 5.91 Å². The second kappa shape index (κ2) is 6.39. The number of nitrogens with one attached hydrogen (secondary N) is 1. The van der Waals surface area contributed by atoms with Gasteiger partial charge >= 0.3 is 0 Å². The number of aromatic nitrogens is 1. The highest BCUT2D eigenvalue weighted by molar-refractivity contribution is 5.93. The number of hydrogen-bond donors (Lipinski definition) is 1. The molecule has 2 aromatic carbocycles. The molecular formula is C19H17N3O3. The van der Waals surface area contributed by atoms with Crippen LogP contribution in [0.15, 0.2) is 59.3 Å². The Morgan fingerprint density at radius 2 is 1.92 bits per heavy atom.